The van der Waals surface area contributed by atoms with Crippen LogP contribution in [-0.2, 0) is 26.2 Å². The van der Waals surface area contributed by atoms with Gasteiger partial charge in [0.1, 0.15) is 18.3 Å². The second-order valence-corrected chi connectivity index (χ2v) is 11.4. The van der Waals surface area contributed by atoms with Gasteiger partial charge in [-0.2, -0.15) is 0 Å². The highest BCUT2D eigenvalue weighted by Gasteiger charge is 2.33. The Morgan fingerprint density at radius 2 is 1.54 bits per heavy atom. The van der Waals surface area contributed by atoms with Crippen LogP contribution in [0.15, 0.2) is 83.8 Å². The third-order valence-electron chi connectivity index (χ3n) is 6.61. The van der Waals surface area contributed by atoms with Gasteiger partial charge in [-0.05, 0) is 57.0 Å². The highest BCUT2D eigenvalue weighted by Crippen LogP contribution is 2.32. The van der Waals surface area contributed by atoms with Crippen molar-refractivity contribution in [1.29, 1.82) is 0 Å². The molecule has 0 spiro atoms. The van der Waals surface area contributed by atoms with Crippen LogP contribution in [0.1, 0.15) is 38.3 Å². The Morgan fingerprint density at radius 3 is 2.15 bits per heavy atom. The van der Waals surface area contributed by atoms with Gasteiger partial charge in [0.15, 0.2) is 0 Å². The minimum absolute atomic E-state index is 0.0453. The molecule has 0 radical (unpaired) electrons. The third-order valence-corrected chi connectivity index (χ3v) is 8.38. The first-order valence-electron chi connectivity index (χ1n) is 12.9. The van der Waals surface area contributed by atoms with E-state index in [1.165, 1.54) is 24.1 Å². The summed E-state index contributed by atoms with van der Waals surface area (Å²) in [6.07, 6.45) is 0.738. The number of benzene rings is 3. The molecule has 3 rings (SSSR count). The molecule has 0 aromatic heterocycles. The van der Waals surface area contributed by atoms with E-state index in [0.29, 0.717) is 5.75 Å². The molecule has 0 bridgehead atoms. The highest BCUT2D eigenvalue weighted by atomic mass is 32.2. The number of anilines is 1. The van der Waals surface area contributed by atoms with Gasteiger partial charge in [-0.15, -0.1) is 0 Å². The number of amides is 2. The van der Waals surface area contributed by atoms with Crippen LogP contribution in [-0.4, -0.2) is 50.9 Å². The Bertz CT molecular complexity index is 1360. The summed E-state index contributed by atoms with van der Waals surface area (Å²) in [6.45, 7) is 6.99. The molecule has 2 atom stereocenters. The normalized spacial score (nSPS) is 12.7. The molecule has 0 aliphatic rings. The second kappa shape index (κ2) is 13.3. The summed E-state index contributed by atoms with van der Waals surface area (Å²) < 4.78 is 34.4. The van der Waals surface area contributed by atoms with Crippen LogP contribution in [0.5, 0.6) is 5.75 Å². The topological polar surface area (TPSA) is 96.0 Å². The van der Waals surface area contributed by atoms with Gasteiger partial charge < -0.3 is 15.0 Å². The summed E-state index contributed by atoms with van der Waals surface area (Å²) >= 11 is 0. The Kier molecular flexibility index (Phi) is 10.1. The number of nitrogens with zero attached hydrogens (tertiary/aromatic N) is 2. The minimum atomic E-state index is -4.17. The maximum absolute atomic E-state index is 14.0. The molecule has 0 fully saturated rings. The fourth-order valence-corrected chi connectivity index (χ4v) is 5.44. The lowest BCUT2D eigenvalue weighted by Crippen LogP contribution is -2.52. The second-order valence-electron chi connectivity index (χ2n) is 9.50. The Balaban J connectivity index is 2.05. The lowest BCUT2D eigenvalue weighted by Gasteiger charge is -2.32. The van der Waals surface area contributed by atoms with Gasteiger partial charge in [-0.25, -0.2) is 8.42 Å². The van der Waals surface area contributed by atoms with E-state index < -0.39 is 28.5 Å². The monoisotopic (exact) mass is 551 g/mol. The van der Waals surface area contributed by atoms with Gasteiger partial charge >= 0.3 is 0 Å². The molecule has 39 heavy (non-hydrogen) atoms. The van der Waals surface area contributed by atoms with E-state index in [1.54, 1.807) is 43.3 Å². The van der Waals surface area contributed by atoms with Crippen molar-refractivity contribution in [3.05, 3.63) is 90.0 Å². The molecule has 9 heteroatoms. The number of aryl methyl sites for hydroxylation is 1. The lowest BCUT2D eigenvalue weighted by atomic mass is 10.1. The molecule has 3 aromatic rings. The Labute approximate surface area is 231 Å². The highest BCUT2D eigenvalue weighted by molar-refractivity contribution is 7.92. The number of para-hydroxylation sites is 2. The molecule has 0 aliphatic carbocycles. The van der Waals surface area contributed by atoms with Gasteiger partial charge in [0.25, 0.3) is 10.0 Å². The number of methoxy groups -OCH3 is 1. The van der Waals surface area contributed by atoms with Crippen molar-refractivity contribution in [1.82, 2.24) is 10.2 Å². The van der Waals surface area contributed by atoms with Crippen LogP contribution in [0.3, 0.4) is 0 Å². The van der Waals surface area contributed by atoms with Gasteiger partial charge in [0.2, 0.25) is 11.8 Å². The minimum Gasteiger partial charge on any atom is -0.495 e. The molecule has 0 saturated heterocycles. The quantitative estimate of drug-likeness (QED) is 0.357. The SMILES string of the molecule is CC[C@@H](C)NC(=O)[C@@H](C)N(Cc1ccccc1)C(=O)CN(c1ccccc1OC)S(=O)(=O)c1ccc(C)cc1. The Morgan fingerprint density at radius 1 is 0.923 bits per heavy atom. The van der Waals surface area contributed by atoms with E-state index >= 15 is 0 Å². The van der Waals surface area contributed by atoms with E-state index in [-0.39, 0.29) is 29.1 Å². The Hall–Kier alpha value is -3.85. The van der Waals surface area contributed by atoms with Crippen molar-refractivity contribution in [2.75, 3.05) is 18.0 Å². The summed E-state index contributed by atoms with van der Waals surface area (Å²) in [5.41, 5.74) is 1.95. The largest absolute Gasteiger partial charge is 0.495 e. The van der Waals surface area contributed by atoms with Crippen molar-refractivity contribution < 1.29 is 22.7 Å². The third kappa shape index (κ3) is 7.38. The van der Waals surface area contributed by atoms with Gasteiger partial charge in [0, 0.05) is 12.6 Å². The van der Waals surface area contributed by atoms with E-state index in [0.717, 1.165) is 21.9 Å². The lowest BCUT2D eigenvalue weighted by molar-refractivity contribution is -0.139. The fourth-order valence-electron chi connectivity index (χ4n) is 4.01. The summed E-state index contributed by atoms with van der Waals surface area (Å²) in [4.78, 5) is 28.5. The van der Waals surface area contributed by atoms with Gasteiger partial charge in [0.05, 0.1) is 17.7 Å². The average molecular weight is 552 g/mol. The predicted octanol–water partition coefficient (Wildman–Crippen LogP) is 4.53. The molecule has 0 heterocycles. The van der Waals surface area contributed by atoms with Crippen LogP contribution < -0.4 is 14.4 Å². The van der Waals surface area contributed by atoms with Gasteiger partial charge in [-0.1, -0.05) is 67.1 Å². The molecule has 3 aromatic carbocycles. The molecule has 0 saturated carbocycles. The summed E-state index contributed by atoms with van der Waals surface area (Å²) in [5, 5.41) is 2.93. The fraction of sp³-hybridized carbons (Fsp3) is 0.333. The standard InChI is InChI=1S/C30H37N3O5S/c1-6-23(3)31-30(35)24(4)32(20-25-12-8-7-9-13-25)29(34)21-33(27-14-10-11-15-28(27)38-5)39(36,37)26-18-16-22(2)17-19-26/h7-19,23-24H,6,20-21H2,1-5H3,(H,31,35)/t23-,24-/m1/s1. The summed E-state index contributed by atoms with van der Waals surface area (Å²) in [7, 11) is -2.72. The maximum atomic E-state index is 14.0. The molecule has 0 unspecified atom stereocenters. The van der Waals surface area contributed by atoms with Crippen molar-refractivity contribution in [2.45, 2.75) is 57.6 Å². The van der Waals surface area contributed by atoms with E-state index in [9.17, 15) is 18.0 Å². The van der Waals surface area contributed by atoms with Crippen molar-refractivity contribution in [3.8, 4) is 5.75 Å². The van der Waals surface area contributed by atoms with Crippen molar-refractivity contribution in [2.24, 2.45) is 0 Å². The zero-order valence-electron chi connectivity index (χ0n) is 23.1. The van der Waals surface area contributed by atoms with E-state index in [2.05, 4.69) is 5.32 Å². The number of rotatable bonds is 12. The molecule has 208 valence electrons. The van der Waals surface area contributed by atoms with Crippen molar-refractivity contribution in [3.63, 3.8) is 0 Å². The van der Waals surface area contributed by atoms with E-state index in [4.69, 9.17) is 4.74 Å². The van der Waals surface area contributed by atoms with Crippen LogP contribution in [0.2, 0.25) is 0 Å². The zero-order chi connectivity index (χ0) is 28.6. The zero-order valence-corrected chi connectivity index (χ0v) is 23.9. The van der Waals surface area contributed by atoms with Gasteiger partial charge in [-0.3, -0.25) is 13.9 Å². The number of hydrogen-bond donors (Lipinski definition) is 1. The average Bonchev–Trinajstić information content (AvgIpc) is 2.94. The van der Waals surface area contributed by atoms with Crippen LogP contribution in [0.25, 0.3) is 0 Å². The number of hydrogen-bond acceptors (Lipinski definition) is 5. The summed E-state index contributed by atoms with van der Waals surface area (Å²) in [6, 6.07) is 21.5. The number of nitrogens with one attached hydrogen (secondary N) is 1. The first-order chi connectivity index (χ1) is 18.6. The molecular formula is C30H37N3O5S. The smallest absolute Gasteiger partial charge is 0.264 e. The van der Waals surface area contributed by atoms with Crippen LogP contribution in [0, 0.1) is 6.92 Å². The maximum Gasteiger partial charge on any atom is 0.264 e. The van der Waals surface area contributed by atoms with Crippen molar-refractivity contribution >= 4 is 27.5 Å². The molecule has 2 amide bonds. The number of carbonyl (C=O) groups is 2. The predicted molar refractivity (Wildman–Crippen MR) is 153 cm³/mol. The van der Waals surface area contributed by atoms with Crippen LogP contribution in [0.4, 0.5) is 5.69 Å². The molecule has 1 N–H and O–H groups in total. The first kappa shape index (κ1) is 29.7. The number of sulfonamides is 1. The number of carbonyl (C=O) groups excluding carboxylic acids is 2. The van der Waals surface area contributed by atoms with Crippen LogP contribution >= 0.6 is 0 Å². The summed E-state index contributed by atoms with van der Waals surface area (Å²) in [5.74, 6) is -0.524. The molecule has 0 aliphatic heterocycles. The molecule has 8 nitrogen and oxygen atoms in total. The van der Waals surface area contributed by atoms with E-state index in [1.807, 2.05) is 51.1 Å². The first-order valence-corrected chi connectivity index (χ1v) is 14.4. The molecular weight excluding hydrogens is 514 g/mol. The number of ether oxygens (including phenoxy) is 1.